The second-order valence-electron chi connectivity index (χ2n) is 3.19. The minimum Gasteiger partial charge on any atom is -0.508 e. The fourth-order valence-corrected chi connectivity index (χ4v) is 1.27. The van der Waals surface area contributed by atoms with Gasteiger partial charge in [0, 0.05) is 13.0 Å². The summed E-state index contributed by atoms with van der Waals surface area (Å²) in [7, 11) is 0. The Bertz CT molecular complexity index is 273. The minimum atomic E-state index is -0.503. The molecule has 0 aliphatic carbocycles. The molecule has 0 heterocycles. The highest BCUT2D eigenvalue weighted by Gasteiger charge is 2.05. The highest BCUT2D eigenvalue weighted by atomic mass is 16.5. The molecular weight excluding hydrogens is 180 g/mol. The van der Waals surface area contributed by atoms with Gasteiger partial charge in [0.1, 0.15) is 5.75 Å². The van der Waals surface area contributed by atoms with Gasteiger partial charge in [0.15, 0.2) is 0 Å². The van der Waals surface area contributed by atoms with Crippen LogP contribution >= 0.6 is 0 Å². The molecule has 0 aliphatic heterocycles. The molecule has 0 saturated heterocycles. The number of ether oxygens (including phenoxy) is 1. The topological polar surface area (TPSA) is 49.7 Å². The van der Waals surface area contributed by atoms with E-state index in [9.17, 15) is 10.2 Å². The Morgan fingerprint density at radius 3 is 2.86 bits per heavy atom. The molecule has 0 amide bonds. The lowest BCUT2D eigenvalue weighted by Gasteiger charge is -2.10. The van der Waals surface area contributed by atoms with E-state index in [0.717, 1.165) is 5.56 Å². The first-order valence-corrected chi connectivity index (χ1v) is 4.76. The maximum absolute atomic E-state index is 9.52. The van der Waals surface area contributed by atoms with E-state index in [1.807, 2.05) is 13.0 Å². The van der Waals surface area contributed by atoms with E-state index in [0.29, 0.717) is 19.6 Å². The van der Waals surface area contributed by atoms with Gasteiger partial charge in [-0.25, -0.2) is 0 Å². The SMILES string of the molecule is CCOCC(O)Cc1cccc(O)c1. The number of hydrogen-bond donors (Lipinski definition) is 2. The fraction of sp³-hybridized carbons (Fsp3) is 0.455. The van der Waals surface area contributed by atoms with Gasteiger partial charge >= 0.3 is 0 Å². The van der Waals surface area contributed by atoms with Crippen molar-refractivity contribution >= 4 is 0 Å². The Morgan fingerprint density at radius 2 is 2.21 bits per heavy atom. The number of benzene rings is 1. The van der Waals surface area contributed by atoms with Gasteiger partial charge in [0.05, 0.1) is 12.7 Å². The van der Waals surface area contributed by atoms with Crippen LogP contribution in [0.3, 0.4) is 0 Å². The lowest BCUT2D eigenvalue weighted by atomic mass is 10.1. The molecule has 14 heavy (non-hydrogen) atoms. The number of phenolic OH excluding ortho intramolecular Hbond substituents is 1. The number of phenols is 1. The van der Waals surface area contributed by atoms with Crippen LogP contribution in [0.5, 0.6) is 5.75 Å². The molecule has 0 bridgehead atoms. The number of rotatable bonds is 5. The summed E-state index contributed by atoms with van der Waals surface area (Å²) in [4.78, 5) is 0. The second-order valence-corrected chi connectivity index (χ2v) is 3.19. The van der Waals surface area contributed by atoms with E-state index in [1.54, 1.807) is 18.2 Å². The lowest BCUT2D eigenvalue weighted by molar-refractivity contribution is 0.0430. The maximum Gasteiger partial charge on any atom is 0.115 e. The average Bonchev–Trinajstić information content (AvgIpc) is 2.15. The van der Waals surface area contributed by atoms with Gasteiger partial charge in [-0.15, -0.1) is 0 Å². The molecule has 1 unspecified atom stereocenters. The van der Waals surface area contributed by atoms with Crippen molar-refractivity contribution in [2.45, 2.75) is 19.4 Å². The summed E-state index contributed by atoms with van der Waals surface area (Å²) >= 11 is 0. The zero-order valence-corrected chi connectivity index (χ0v) is 8.31. The molecule has 3 nitrogen and oxygen atoms in total. The van der Waals surface area contributed by atoms with Crippen molar-refractivity contribution in [2.24, 2.45) is 0 Å². The summed E-state index contributed by atoms with van der Waals surface area (Å²) in [6.45, 7) is 2.84. The van der Waals surface area contributed by atoms with E-state index in [-0.39, 0.29) is 5.75 Å². The van der Waals surface area contributed by atoms with E-state index >= 15 is 0 Å². The summed E-state index contributed by atoms with van der Waals surface area (Å²) in [6, 6.07) is 6.89. The molecule has 3 heteroatoms. The number of aliphatic hydroxyl groups is 1. The normalized spacial score (nSPS) is 12.7. The van der Waals surface area contributed by atoms with Crippen molar-refractivity contribution in [1.82, 2.24) is 0 Å². The van der Waals surface area contributed by atoms with Crippen LogP contribution in [0.2, 0.25) is 0 Å². The van der Waals surface area contributed by atoms with Crippen LogP contribution in [0.1, 0.15) is 12.5 Å². The summed E-state index contributed by atoms with van der Waals surface area (Å²) < 4.78 is 5.09. The van der Waals surface area contributed by atoms with Crippen molar-refractivity contribution in [3.8, 4) is 5.75 Å². The molecule has 1 aromatic rings. The third-order valence-corrected chi connectivity index (χ3v) is 1.90. The molecular formula is C11H16O3. The predicted molar refractivity (Wildman–Crippen MR) is 54.3 cm³/mol. The quantitative estimate of drug-likeness (QED) is 0.747. The molecule has 0 aromatic heterocycles. The molecule has 1 atom stereocenters. The number of hydrogen-bond acceptors (Lipinski definition) is 3. The highest BCUT2D eigenvalue weighted by Crippen LogP contribution is 2.12. The van der Waals surface area contributed by atoms with E-state index in [1.165, 1.54) is 0 Å². The van der Waals surface area contributed by atoms with Crippen LogP contribution in [0, 0.1) is 0 Å². The zero-order valence-electron chi connectivity index (χ0n) is 8.31. The van der Waals surface area contributed by atoms with Gasteiger partial charge in [0.25, 0.3) is 0 Å². The summed E-state index contributed by atoms with van der Waals surface area (Å²) in [5, 5.41) is 18.7. The summed E-state index contributed by atoms with van der Waals surface area (Å²) in [6.07, 6.45) is 0.00532. The number of aliphatic hydroxyl groups excluding tert-OH is 1. The molecule has 1 aromatic carbocycles. The van der Waals surface area contributed by atoms with Gasteiger partial charge in [-0.3, -0.25) is 0 Å². The van der Waals surface area contributed by atoms with Gasteiger partial charge in [-0.05, 0) is 24.6 Å². The smallest absolute Gasteiger partial charge is 0.115 e. The van der Waals surface area contributed by atoms with E-state index in [4.69, 9.17) is 4.74 Å². The van der Waals surface area contributed by atoms with Gasteiger partial charge < -0.3 is 14.9 Å². The predicted octanol–water partition coefficient (Wildman–Crippen LogP) is 1.33. The molecule has 0 fully saturated rings. The van der Waals surface area contributed by atoms with Crippen LogP contribution < -0.4 is 0 Å². The largest absolute Gasteiger partial charge is 0.508 e. The summed E-state index contributed by atoms with van der Waals surface area (Å²) in [5.41, 5.74) is 0.914. The van der Waals surface area contributed by atoms with Crippen molar-refractivity contribution in [3.05, 3.63) is 29.8 Å². The zero-order chi connectivity index (χ0) is 10.4. The van der Waals surface area contributed by atoms with E-state index in [2.05, 4.69) is 0 Å². The van der Waals surface area contributed by atoms with Crippen molar-refractivity contribution in [1.29, 1.82) is 0 Å². The van der Waals surface area contributed by atoms with Crippen LogP contribution in [-0.4, -0.2) is 29.5 Å². The van der Waals surface area contributed by atoms with Crippen LogP contribution in [0.4, 0.5) is 0 Å². The third-order valence-electron chi connectivity index (χ3n) is 1.90. The Labute approximate surface area is 84.0 Å². The fourth-order valence-electron chi connectivity index (χ4n) is 1.27. The Morgan fingerprint density at radius 1 is 1.43 bits per heavy atom. The monoisotopic (exact) mass is 196 g/mol. The Hall–Kier alpha value is -1.06. The molecule has 0 radical (unpaired) electrons. The Balaban J connectivity index is 2.43. The third kappa shape index (κ3) is 3.77. The van der Waals surface area contributed by atoms with Crippen LogP contribution in [0.25, 0.3) is 0 Å². The second kappa shape index (κ2) is 5.62. The van der Waals surface area contributed by atoms with Crippen molar-refractivity contribution in [2.75, 3.05) is 13.2 Å². The van der Waals surface area contributed by atoms with E-state index < -0.39 is 6.10 Å². The summed E-state index contributed by atoms with van der Waals surface area (Å²) in [5.74, 6) is 0.228. The minimum absolute atomic E-state index is 0.228. The van der Waals surface area contributed by atoms with Crippen molar-refractivity contribution < 1.29 is 14.9 Å². The first kappa shape index (κ1) is 11.0. The van der Waals surface area contributed by atoms with Gasteiger partial charge in [-0.2, -0.15) is 0 Å². The molecule has 78 valence electrons. The molecule has 1 rings (SSSR count). The maximum atomic E-state index is 9.52. The number of aromatic hydroxyl groups is 1. The first-order valence-electron chi connectivity index (χ1n) is 4.76. The standard InChI is InChI=1S/C11H16O3/c1-2-14-8-11(13)7-9-4-3-5-10(12)6-9/h3-6,11-13H,2,7-8H2,1H3. The molecule has 0 spiro atoms. The van der Waals surface area contributed by atoms with Crippen LogP contribution in [0.15, 0.2) is 24.3 Å². The van der Waals surface area contributed by atoms with Gasteiger partial charge in [0.2, 0.25) is 0 Å². The van der Waals surface area contributed by atoms with Crippen molar-refractivity contribution in [3.63, 3.8) is 0 Å². The average molecular weight is 196 g/mol. The molecule has 0 saturated carbocycles. The lowest BCUT2D eigenvalue weighted by Crippen LogP contribution is -2.17. The van der Waals surface area contributed by atoms with Crippen LogP contribution in [-0.2, 0) is 11.2 Å². The Kier molecular flexibility index (Phi) is 4.43. The first-order chi connectivity index (χ1) is 6.72. The molecule has 2 N–H and O–H groups in total. The van der Waals surface area contributed by atoms with Gasteiger partial charge in [-0.1, -0.05) is 12.1 Å². The molecule has 0 aliphatic rings. The highest BCUT2D eigenvalue weighted by molar-refractivity contribution is 5.27.